The molecule has 4 nitrogen and oxygen atoms in total. The monoisotopic (exact) mass is 221 g/mol. The third kappa shape index (κ3) is 2.16. The predicted octanol–water partition coefficient (Wildman–Crippen LogP) is 2.72. The van der Waals surface area contributed by atoms with E-state index in [0.717, 1.165) is 32.4 Å². The third-order valence-corrected chi connectivity index (χ3v) is 3.47. The van der Waals surface area contributed by atoms with Gasteiger partial charge in [-0.2, -0.15) is 0 Å². The Kier molecular flexibility index (Phi) is 3.39. The number of aromatic nitrogens is 1. The summed E-state index contributed by atoms with van der Waals surface area (Å²) < 4.78 is 2.25. The van der Waals surface area contributed by atoms with Crippen molar-refractivity contribution in [1.82, 2.24) is 9.47 Å². The van der Waals surface area contributed by atoms with E-state index < -0.39 is 0 Å². The quantitative estimate of drug-likeness (QED) is 0.736. The molecule has 0 radical (unpaired) electrons. The summed E-state index contributed by atoms with van der Waals surface area (Å²) in [6, 6.07) is 2.45. The van der Waals surface area contributed by atoms with Crippen LogP contribution in [0.5, 0.6) is 0 Å². The number of piperidine rings is 1. The molecule has 0 unspecified atom stereocenters. The van der Waals surface area contributed by atoms with E-state index in [1.54, 1.807) is 0 Å². The molecule has 4 heteroatoms. The Labute approximate surface area is 96.2 Å². The smallest absolute Gasteiger partial charge is 0.125 e. The summed E-state index contributed by atoms with van der Waals surface area (Å²) in [5, 5.41) is 3.03. The minimum absolute atomic E-state index is 0.543. The van der Waals surface area contributed by atoms with Gasteiger partial charge < -0.3 is 9.47 Å². The zero-order chi connectivity index (χ0) is 11.5. The second kappa shape index (κ2) is 4.78. The zero-order valence-corrected chi connectivity index (χ0v) is 10.0. The van der Waals surface area contributed by atoms with Crippen molar-refractivity contribution in [1.29, 1.82) is 0 Å². The first-order valence-electron chi connectivity index (χ1n) is 5.97. The highest BCUT2D eigenvalue weighted by Gasteiger charge is 2.20. The van der Waals surface area contributed by atoms with Crippen LogP contribution >= 0.6 is 0 Å². The van der Waals surface area contributed by atoms with Crippen molar-refractivity contribution in [2.45, 2.75) is 32.2 Å². The van der Waals surface area contributed by atoms with Crippen molar-refractivity contribution in [2.24, 2.45) is 5.18 Å². The maximum Gasteiger partial charge on any atom is 0.125 e. The highest BCUT2D eigenvalue weighted by atomic mass is 16.3. The van der Waals surface area contributed by atoms with Gasteiger partial charge in [-0.25, -0.2) is 0 Å². The molecule has 88 valence electrons. The topological polar surface area (TPSA) is 37.6 Å². The number of rotatable bonds is 3. The van der Waals surface area contributed by atoms with Crippen LogP contribution in [0.1, 0.15) is 31.5 Å². The van der Waals surface area contributed by atoms with Crippen LogP contribution in [-0.2, 0) is 6.42 Å². The first-order chi connectivity index (χ1) is 7.74. The molecule has 0 N–H and O–H groups in total. The first kappa shape index (κ1) is 11.3. The highest BCUT2D eigenvalue weighted by molar-refractivity contribution is 5.38. The summed E-state index contributed by atoms with van der Waals surface area (Å²) in [5.41, 5.74) is 1.79. The molecule has 1 fully saturated rings. The molecular weight excluding hydrogens is 202 g/mol. The van der Waals surface area contributed by atoms with Crippen LogP contribution in [0.2, 0.25) is 0 Å². The number of nitroso groups, excluding NO2 is 1. The molecule has 2 rings (SSSR count). The molecule has 1 saturated heterocycles. The lowest BCUT2D eigenvalue weighted by Crippen LogP contribution is -2.31. The van der Waals surface area contributed by atoms with Gasteiger partial charge in [-0.3, -0.25) is 0 Å². The Morgan fingerprint density at radius 1 is 1.44 bits per heavy atom. The van der Waals surface area contributed by atoms with Gasteiger partial charge in [0.15, 0.2) is 0 Å². The van der Waals surface area contributed by atoms with Gasteiger partial charge in [0.1, 0.15) is 5.69 Å². The van der Waals surface area contributed by atoms with Gasteiger partial charge in [0.25, 0.3) is 0 Å². The summed E-state index contributed by atoms with van der Waals surface area (Å²) in [7, 11) is 2.16. The van der Waals surface area contributed by atoms with Crippen molar-refractivity contribution in [2.75, 3.05) is 20.1 Å². The van der Waals surface area contributed by atoms with E-state index in [0.29, 0.717) is 11.7 Å². The van der Waals surface area contributed by atoms with E-state index in [1.807, 2.05) is 12.3 Å². The van der Waals surface area contributed by atoms with Crippen molar-refractivity contribution < 1.29 is 0 Å². The Bertz CT molecular complexity index is 364. The van der Waals surface area contributed by atoms with Gasteiger partial charge in [-0.1, -0.05) is 6.92 Å². The fraction of sp³-hybridized carbons (Fsp3) is 0.667. The van der Waals surface area contributed by atoms with Gasteiger partial charge in [0.05, 0.1) is 0 Å². The van der Waals surface area contributed by atoms with E-state index in [1.165, 1.54) is 5.69 Å². The Morgan fingerprint density at radius 2 is 2.12 bits per heavy atom. The van der Waals surface area contributed by atoms with Gasteiger partial charge in [0, 0.05) is 17.9 Å². The van der Waals surface area contributed by atoms with E-state index in [9.17, 15) is 4.91 Å². The zero-order valence-electron chi connectivity index (χ0n) is 10.0. The molecule has 16 heavy (non-hydrogen) atoms. The fourth-order valence-corrected chi connectivity index (χ4v) is 2.46. The van der Waals surface area contributed by atoms with Crippen molar-refractivity contribution in [3.05, 3.63) is 22.9 Å². The van der Waals surface area contributed by atoms with Crippen molar-refractivity contribution in [3.63, 3.8) is 0 Å². The standard InChI is InChI=1S/C12H19N3O/c1-3-11-8-10(13-16)9-15(11)12-4-6-14(2)7-5-12/h8-9,12H,3-7H2,1-2H3. The van der Waals surface area contributed by atoms with Crippen molar-refractivity contribution >= 4 is 5.69 Å². The van der Waals surface area contributed by atoms with E-state index in [2.05, 4.69) is 28.6 Å². The third-order valence-electron chi connectivity index (χ3n) is 3.47. The SMILES string of the molecule is CCc1cc(N=O)cn1C1CCN(C)CC1. The second-order valence-electron chi connectivity index (χ2n) is 4.58. The second-order valence-corrected chi connectivity index (χ2v) is 4.58. The molecular formula is C12H19N3O. The van der Waals surface area contributed by atoms with E-state index in [4.69, 9.17) is 0 Å². The van der Waals surface area contributed by atoms with Gasteiger partial charge in [0.2, 0.25) is 0 Å². The number of hydrogen-bond acceptors (Lipinski definition) is 3. The highest BCUT2D eigenvalue weighted by Crippen LogP contribution is 2.28. The number of hydrogen-bond donors (Lipinski definition) is 0. The average molecular weight is 221 g/mol. The van der Waals surface area contributed by atoms with E-state index in [-0.39, 0.29) is 0 Å². The summed E-state index contributed by atoms with van der Waals surface area (Å²) in [6.07, 6.45) is 5.19. The van der Waals surface area contributed by atoms with Crippen LogP contribution in [0, 0.1) is 4.91 Å². The minimum atomic E-state index is 0.543. The van der Waals surface area contributed by atoms with Crippen LogP contribution < -0.4 is 0 Å². The average Bonchev–Trinajstić information content (AvgIpc) is 2.73. The summed E-state index contributed by atoms with van der Waals surface area (Å²) in [4.78, 5) is 12.9. The molecule has 2 heterocycles. The summed E-state index contributed by atoms with van der Waals surface area (Å²) in [6.45, 7) is 4.39. The minimum Gasteiger partial charge on any atom is -0.346 e. The van der Waals surface area contributed by atoms with Crippen LogP contribution in [0.25, 0.3) is 0 Å². The lowest BCUT2D eigenvalue weighted by Gasteiger charge is -2.31. The normalized spacial score (nSPS) is 18.9. The van der Waals surface area contributed by atoms with Crippen molar-refractivity contribution in [3.8, 4) is 0 Å². The van der Waals surface area contributed by atoms with E-state index >= 15 is 0 Å². The molecule has 1 aliphatic rings. The molecule has 0 spiro atoms. The first-order valence-corrected chi connectivity index (χ1v) is 5.97. The Hall–Kier alpha value is -1.16. The summed E-state index contributed by atoms with van der Waals surface area (Å²) in [5.74, 6) is 0. The Morgan fingerprint density at radius 3 is 2.69 bits per heavy atom. The lowest BCUT2D eigenvalue weighted by molar-refractivity contribution is 0.219. The maximum atomic E-state index is 10.6. The van der Waals surface area contributed by atoms with Crippen LogP contribution in [0.4, 0.5) is 5.69 Å². The molecule has 1 aliphatic heterocycles. The molecule has 0 amide bonds. The van der Waals surface area contributed by atoms with Gasteiger partial charge in [-0.15, -0.1) is 4.91 Å². The summed E-state index contributed by atoms with van der Waals surface area (Å²) >= 11 is 0. The molecule has 1 aromatic heterocycles. The molecule has 0 aromatic carbocycles. The fourth-order valence-electron chi connectivity index (χ4n) is 2.46. The number of likely N-dealkylation sites (tertiary alicyclic amines) is 1. The molecule has 0 bridgehead atoms. The lowest BCUT2D eigenvalue weighted by atomic mass is 10.1. The number of nitrogens with zero attached hydrogens (tertiary/aromatic N) is 3. The molecule has 0 saturated carbocycles. The van der Waals surface area contributed by atoms with Gasteiger partial charge in [-0.05, 0) is 50.6 Å². The van der Waals surface area contributed by atoms with Crippen LogP contribution in [0.3, 0.4) is 0 Å². The van der Waals surface area contributed by atoms with Crippen LogP contribution in [0.15, 0.2) is 17.4 Å². The largest absolute Gasteiger partial charge is 0.346 e. The predicted molar refractivity (Wildman–Crippen MR) is 65.0 cm³/mol. The molecule has 0 atom stereocenters. The number of aryl methyl sites for hydroxylation is 1. The Balaban J connectivity index is 2.18. The van der Waals surface area contributed by atoms with Crippen LogP contribution in [-0.4, -0.2) is 29.6 Å². The van der Waals surface area contributed by atoms with Gasteiger partial charge >= 0.3 is 0 Å². The molecule has 1 aromatic rings. The maximum absolute atomic E-state index is 10.6. The molecule has 0 aliphatic carbocycles.